The summed E-state index contributed by atoms with van der Waals surface area (Å²) in [5.41, 5.74) is 3.39. The predicted molar refractivity (Wildman–Crippen MR) is 117 cm³/mol. The average Bonchev–Trinajstić information content (AvgIpc) is 3.38. The topological polar surface area (TPSA) is 119 Å². The number of benzene rings is 2. The summed E-state index contributed by atoms with van der Waals surface area (Å²) in [5.74, 6) is -1.70. The van der Waals surface area contributed by atoms with E-state index >= 15 is 0 Å². The highest BCUT2D eigenvalue weighted by atomic mass is 32.2. The van der Waals surface area contributed by atoms with Crippen LogP contribution in [-0.2, 0) is 23.0 Å². The zero-order chi connectivity index (χ0) is 22.5. The van der Waals surface area contributed by atoms with Gasteiger partial charge in [-0.2, -0.15) is 4.37 Å². The monoisotopic (exact) mass is 475 g/mol. The Labute approximate surface area is 186 Å². The number of anilines is 1. The molecule has 1 aliphatic heterocycles. The number of hydrogen-bond acceptors (Lipinski definition) is 8. The Hall–Kier alpha value is -3.09. The van der Waals surface area contributed by atoms with Gasteiger partial charge in [-0.25, -0.2) is 22.6 Å². The van der Waals surface area contributed by atoms with Gasteiger partial charge < -0.3 is 9.73 Å². The number of rotatable bonds is 5. The third kappa shape index (κ3) is 3.49. The van der Waals surface area contributed by atoms with Crippen molar-refractivity contribution in [2.24, 2.45) is 0 Å². The van der Waals surface area contributed by atoms with E-state index in [1.54, 1.807) is 0 Å². The van der Waals surface area contributed by atoms with Crippen LogP contribution >= 0.6 is 11.5 Å². The smallest absolute Gasteiger partial charge is 0.408 e. The van der Waals surface area contributed by atoms with Gasteiger partial charge in [0, 0.05) is 30.2 Å². The molecule has 0 bridgehead atoms. The molecule has 0 unspecified atom stereocenters. The fourth-order valence-corrected chi connectivity index (χ4v) is 5.80. The van der Waals surface area contributed by atoms with Crippen LogP contribution in [-0.4, -0.2) is 28.9 Å². The lowest BCUT2D eigenvalue weighted by Gasteiger charge is -2.24. The average molecular weight is 476 g/mol. The van der Waals surface area contributed by atoms with Gasteiger partial charge in [0.2, 0.25) is 5.13 Å². The number of nitrogens with one attached hydrogen (secondary N) is 2. The molecule has 3 heterocycles. The van der Waals surface area contributed by atoms with Gasteiger partial charge >= 0.3 is 5.76 Å². The SMILES string of the molecule is C[C@H](c1cccc2c1CNCC2)n1c(=O)oc2cc(S(=O)(=O)Nc3ncns3)c(F)cc21. The van der Waals surface area contributed by atoms with Crippen molar-refractivity contribution in [3.05, 3.63) is 69.7 Å². The van der Waals surface area contributed by atoms with E-state index in [0.29, 0.717) is 6.54 Å². The van der Waals surface area contributed by atoms with Gasteiger partial charge in [-0.05, 0) is 36.6 Å². The van der Waals surface area contributed by atoms with Gasteiger partial charge in [-0.1, -0.05) is 18.2 Å². The van der Waals surface area contributed by atoms with Crippen LogP contribution in [0.2, 0.25) is 0 Å². The van der Waals surface area contributed by atoms with E-state index in [4.69, 9.17) is 4.42 Å². The Morgan fingerprint density at radius 2 is 2.19 bits per heavy atom. The molecule has 2 aromatic carbocycles. The van der Waals surface area contributed by atoms with Crippen LogP contribution in [0.25, 0.3) is 11.1 Å². The van der Waals surface area contributed by atoms with E-state index in [1.807, 2.05) is 19.1 Å². The molecule has 0 fully saturated rings. The van der Waals surface area contributed by atoms with Crippen molar-refractivity contribution in [3.8, 4) is 0 Å². The summed E-state index contributed by atoms with van der Waals surface area (Å²) >= 11 is 0.817. The van der Waals surface area contributed by atoms with Crippen molar-refractivity contribution < 1.29 is 17.2 Å². The highest BCUT2D eigenvalue weighted by molar-refractivity contribution is 7.93. The molecule has 0 saturated heterocycles. The van der Waals surface area contributed by atoms with Gasteiger partial charge in [0.05, 0.1) is 11.6 Å². The second-order valence-corrected chi connectivity index (χ2v) is 9.86. The number of aromatic nitrogens is 3. The minimum atomic E-state index is -4.29. The maximum Gasteiger partial charge on any atom is 0.420 e. The summed E-state index contributed by atoms with van der Waals surface area (Å²) in [4.78, 5) is 15.8. The highest BCUT2D eigenvalue weighted by Gasteiger charge is 2.26. The normalized spacial score (nSPS) is 14.9. The molecule has 2 N–H and O–H groups in total. The summed E-state index contributed by atoms with van der Waals surface area (Å²) in [5, 5.41) is 3.33. The molecular weight excluding hydrogens is 457 g/mol. The van der Waals surface area contributed by atoms with Crippen LogP contribution in [0.4, 0.5) is 9.52 Å². The first kappa shape index (κ1) is 20.8. The molecule has 9 nitrogen and oxygen atoms in total. The Morgan fingerprint density at radius 3 is 2.97 bits per heavy atom. The largest absolute Gasteiger partial charge is 0.420 e. The zero-order valence-electron chi connectivity index (χ0n) is 16.8. The van der Waals surface area contributed by atoms with Crippen LogP contribution in [0.1, 0.15) is 29.7 Å². The third-order valence-electron chi connectivity index (χ3n) is 5.56. The molecule has 12 heteroatoms. The molecular formula is C20H18FN5O4S2. The molecule has 0 aliphatic carbocycles. The van der Waals surface area contributed by atoms with Crippen molar-refractivity contribution in [1.82, 2.24) is 19.2 Å². The van der Waals surface area contributed by atoms with Crippen molar-refractivity contribution in [3.63, 3.8) is 0 Å². The number of hydrogen-bond donors (Lipinski definition) is 2. The molecule has 5 rings (SSSR count). The number of oxazole rings is 1. The lowest BCUT2D eigenvalue weighted by atomic mass is 9.92. The van der Waals surface area contributed by atoms with Crippen molar-refractivity contribution in [2.75, 3.05) is 11.3 Å². The molecule has 4 aromatic rings. The van der Waals surface area contributed by atoms with Crippen LogP contribution in [0.15, 0.2) is 50.8 Å². The first-order valence-corrected chi connectivity index (χ1v) is 12.1. The molecule has 1 atom stereocenters. The number of nitrogens with zero attached hydrogens (tertiary/aromatic N) is 3. The number of fused-ring (bicyclic) bond motifs is 2. The van der Waals surface area contributed by atoms with E-state index in [-0.39, 0.29) is 16.2 Å². The van der Waals surface area contributed by atoms with Gasteiger partial charge in [0.1, 0.15) is 17.0 Å². The molecule has 0 amide bonds. The molecule has 0 saturated carbocycles. The van der Waals surface area contributed by atoms with Gasteiger partial charge in [-0.3, -0.25) is 9.29 Å². The highest BCUT2D eigenvalue weighted by Crippen LogP contribution is 2.30. The fraction of sp³-hybridized carbons (Fsp3) is 0.250. The van der Waals surface area contributed by atoms with Crippen LogP contribution in [0.3, 0.4) is 0 Å². The standard InChI is InChI=1S/C20H18FN5O4S2/c1-11(13-4-2-3-12-5-6-22-9-14(12)13)26-16-7-15(21)18(8-17(16)30-20(26)27)32(28,29)25-19-23-10-24-31-19/h2-4,7-8,10-11,22H,5-6,9H2,1H3,(H,23,24,25)/t11-/m1/s1. The summed E-state index contributed by atoms with van der Waals surface area (Å²) in [7, 11) is -4.29. The third-order valence-corrected chi connectivity index (χ3v) is 7.62. The van der Waals surface area contributed by atoms with Gasteiger partial charge in [0.15, 0.2) is 5.58 Å². The molecule has 166 valence electrons. The van der Waals surface area contributed by atoms with Gasteiger partial charge in [-0.15, -0.1) is 0 Å². The van der Waals surface area contributed by atoms with E-state index < -0.39 is 32.5 Å². The summed E-state index contributed by atoms with van der Waals surface area (Å²) in [6.07, 6.45) is 2.06. The van der Waals surface area contributed by atoms with Crippen molar-refractivity contribution >= 4 is 37.8 Å². The van der Waals surface area contributed by atoms with Crippen molar-refractivity contribution in [1.29, 1.82) is 0 Å². The first-order valence-electron chi connectivity index (χ1n) is 9.80. The summed E-state index contributed by atoms with van der Waals surface area (Å²) < 4.78 is 52.7. The Bertz CT molecular complexity index is 1480. The Balaban J connectivity index is 1.60. The van der Waals surface area contributed by atoms with Crippen molar-refractivity contribution in [2.45, 2.75) is 30.8 Å². The molecule has 2 aromatic heterocycles. The molecule has 0 radical (unpaired) electrons. The quantitative estimate of drug-likeness (QED) is 0.455. The summed E-state index contributed by atoms with van der Waals surface area (Å²) in [6, 6.07) is 7.51. The second kappa shape index (κ2) is 7.80. The summed E-state index contributed by atoms with van der Waals surface area (Å²) in [6.45, 7) is 3.39. The van der Waals surface area contributed by atoms with E-state index in [0.717, 1.165) is 47.8 Å². The Kier molecular flexibility index (Phi) is 5.07. The minimum Gasteiger partial charge on any atom is -0.408 e. The maximum absolute atomic E-state index is 15.0. The second-order valence-electron chi connectivity index (χ2n) is 7.43. The predicted octanol–water partition coefficient (Wildman–Crippen LogP) is 2.64. The maximum atomic E-state index is 15.0. The first-order chi connectivity index (χ1) is 15.3. The molecule has 32 heavy (non-hydrogen) atoms. The van der Waals surface area contributed by atoms with Crippen LogP contribution < -0.4 is 15.8 Å². The Morgan fingerprint density at radius 1 is 1.34 bits per heavy atom. The van der Waals surface area contributed by atoms with Gasteiger partial charge in [0.25, 0.3) is 10.0 Å². The lowest BCUT2D eigenvalue weighted by molar-refractivity contribution is 0.486. The lowest BCUT2D eigenvalue weighted by Crippen LogP contribution is -2.27. The van der Waals surface area contributed by atoms with Crippen LogP contribution in [0, 0.1) is 5.82 Å². The van der Waals surface area contributed by atoms with E-state index in [2.05, 4.69) is 25.5 Å². The van der Waals surface area contributed by atoms with Crippen LogP contribution in [0.5, 0.6) is 0 Å². The van der Waals surface area contributed by atoms with E-state index in [9.17, 15) is 17.6 Å². The fourth-order valence-electron chi connectivity index (χ4n) is 4.07. The zero-order valence-corrected chi connectivity index (χ0v) is 18.5. The molecule has 1 aliphatic rings. The molecule has 0 spiro atoms. The van der Waals surface area contributed by atoms with E-state index in [1.165, 1.54) is 16.5 Å². The number of sulfonamides is 1. The minimum absolute atomic E-state index is 0.000368. The number of halogens is 1.